The number of ketones is 1. The summed E-state index contributed by atoms with van der Waals surface area (Å²) in [7, 11) is 0. The van der Waals surface area contributed by atoms with Gasteiger partial charge in [-0.2, -0.15) is 0 Å². The molecule has 17 heavy (non-hydrogen) atoms. The van der Waals surface area contributed by atoms with Gasteiger partial charge in [0.15, 0.2) is 0 Å². The maximum absolute atomic E-state index is 11.3. The van der Waals surface area contributed by atoms with Gasteiger partial charge in [-0.15, -0.1) is 0 Å². The van der Waals surface area contributed by atoms with Crippen LogP contribution in [-0.4, -0.2) is 18.4 Å². The highest BCUT2D eigenvalue weighted by molar-refractivity contribution is 9.10. The maximum Gasteiger partial charge on any atom is 0.379 e. The average molecular weight is 295 g/mol. The number of carbonyl (C=O) groups is 2. The van der Waals surface area contributed by atoms with E-state index < -0.39 is 11.8 Å². The van der Waals surface area contributed by atoms with E-state index >= 15 is 0 Å². The summed E-state index contributed by atoms with van der Waals surface area (Å²) < 4.78 is 5.55. The predicted molar refractivity (Wildman–Crippen MR) is 69.3 cm³/mol. The number of carbonyl (C=O) groups excluding carboxylic acids is 2. The molecule has 1 aromatic rings. The summed E-state index contributed by atoms with van der Waals surface area (Å²) in [6.45, 7) is 3.42. The first kappa shape index (κ1) is 13.4. The Labute approximate surface area is 108 Å². The molecule has 0 radical (unpaired) electrons. The van der Waals surface area contributed by atoms with Crippen LogP contribution in [-0.2, 0) is 14.3 Å². The predicted octanol–water partition coefficient (Wildman–Crippen LogP) is 2.76. The van der Waals surface area contributed by atoms with Crippen molar-refractivity contribution in [2.24, 2.45) is 0 Å². The molecule has 0 atom stereocenters. The monoisotopic (exact) mass is 294 g/mol. The van der Waals surface area contributed by atoms with Gasteiger partial charge in [0.05, 0.1) is 0 Å². The molecule has 0 amide bonds. The van der Waals surface area contributed by atoms with Gasteiger partial charge in [0.1, 0.15) is 6.61 Å². The van der Waals surface area contributed by atoms with Crippen molar-refractivity contribution in [3.8, 4) is 0 Å². The summed E-state index contributed by atoms with van der Waals surface area (Å²) >= 11 is 3.30. The van der Waals surface area contributed by atoms with Crippen molar-refractivity contribution in [1.29, 1.82) is 0 Å². The molecule has 0 aliphatic carbocycles. The molecule has 1 aromatic carbocycles. The largest absolute Gasteiger partial charge is 0.455 e. The second-order valence-electron chi connectivity index (χ2n) is 3.14. The van der Waals surface area contributed by atoms with Crippen LogP contribution in [0.3, 0.4) is 0 Å². The van der Waals surface area contributed by atoms with Gasteiger partial charge in [-0.25, -0.2) is 4.79 Å². The molecule has 0 bridgehead atoms. The highest BCUT2D eigenvalue weighted by Crippen LogP contribution is 2.11. The third kappa shape index (κ3) is 4.78. The van der Waals surface area contributed by atoms with Crippen LogP contribution >= 0.6 is 15.9 Å². The van der Waals surface area contributed by atoms with Gasteiger partial charge in [0, 0.05) is 4.47 Å². The molecule has 0 saturated carbocycles. The zero-order chi connectivity index (χ0) is 12.7. The normalized spacial score (nSPS) is 10.2. The van der Waals surface area contributed by atoms with Crippen molar-refractivity contribution in [2.75, 3.05) is 6.61 Å². The van der Waals surface area contributed by atoms with Gasteiger partial charge in [0.2, 0.25) is 0 Å². The summed E-state index contributed by atoms with van der Waals surface area (Å²) in [6.07, 6.45) is 4.15. The smallest absolute Gasteiger partial charge is 0.379 e. The number of ether oxygens (including phenoxy) is 1. The summed E-state index contributed by atoms with van der Waals surface area (Å²) in [6, 6.07) is 7.34. The summed E-state index contributed by atoms with van der Waals surface area (Å²) in [5, 5.41) is 0. The van der Waals surface area contributed by atoms with E-state index in [1.807, 2.05) is 24.3 Å². The SMILES string of the molecule is C=CCOC(=O)C(=O)/C=C/c1ccc(Br)cc1. The molecule has 0 N–H and O–H groups in total. The Hall–Kier alpha value is -1.68. The van der Waals surface area contributed by atoms with E-state index in [9.17, 15) is 9.59 Å². The van der Waals surface area contributed by atoms with E-state index in [1.54, 1.807) is 6.08 Å². The Morgan fingerprint density at radius 1 is 1.29 bits per heavy atom. The fourth-order valence-corrected chi connectivity index (χ4v) is 1.28. The van der Waals surface area contributed by atoms with Crippen molar-refractivity contribution >= 4 is 33.8 Å². The fourth-order valence-electron chi connectivity index (χ4n) is 1.02. The Kier molecular flexibility index (Phi) is 5.36. The summed E-state index contributed by atoms with van der Waals surface area (Å²) in [5.41, 5.74) is 0.832. The average Bonchev–Trinajstić information content (AvgIpc) is 2.34. The van der Waals surface area contributed by atoms with Gasteiger partial charge in [-0.05, 0) is 23.8 Å². The second-order valence-corrected chi connectivity index (χ2v) is 4.05. The lowest BCUT2D eigenvalue weighted by Crippen LogP contribution is -2.14. The minimum absolute atomic E-state index is 0.0384. The number of hydrogen-bond donors (Lipinski definition) is 0. The molecule has 0 fully saturated rings. The van der Waals surface area contributed by atoms with Gasteiger partial charge in [-0.1, -0.05) is 46.8 Å². The van der Waals surface area contributed by atoms with Gasteiger partial charge in [0.25, 0.3) is 5.78 Å². The van der Waals surface area contributed by atoms with Crippen LogP contribution in [0, 0.1) is 0 Å². The van der Waals surface area contributed by atoms with Crippen LogP contribution < -0.4 is 0 Å². The van der Waals surface area contributed by atoms with Crippen LogP contribution in [0.5, 0.6) is 0 Å². The quantitative estimate of drug-likeness (QED) is 0.363. The van der Waals surface area contributed by atoms with Crippen LogP contribution in [0.2, 0.25) is 0 Å². The zero-order valence-electron chi connectivity index (χ0n) is 9.06. The van der Waals surface area contributed by atoms with E-state index in [0.717, 1.165) is 10.0 Å². The molecule has 0 aromatic heterocycles. The lowest BCUT2D eigenvalue weighted by molar-refractivity contribution is -0.150. The molecule has 1 rings (SSSR count). The Balaban J connectivity index is 2.58. The first-order valence-corrected chi connectivity index (χ1v) is 5.68. The topological polar surface area (TPSA) is 43.4 Å². The first-order chi connectivity index (χ1) is 8.13. The minimum atomic E-state index is -0.877. The molecule has 0 aliphatic rings. The van der Waals surface area contributed by atoms with E-state index in [2.05, 4.69) is 27.2 Å². The first-order valence-electron chi connectivity index (χ1n) is 4.89. The summed E-state index contributed by atoms with van der Waals surface area (Å²) in [5.74, 6) is -1.56. The van der Waals surface area contributed by atoms with E-state index in [0.29, 0.717) is 0 Å². The third-order valence-corrected chi connectivity index (χ3v) is 2.36. The van der Waals surface area contributed by atoms with Gasteiger partial charge in [-0.3, -0.25) is 4.79 Å². The Bertz CT molecular complexity index is 446. The molecule has 0 heterocycles. The molecular weight excluding hydrogens is 284 g/mol. The Morgan fingerprint density at radius 3 is 2.53 bits per heavy atom. The van der Waals surface area contributed by atoms with Crippen LogP contribution in [0.4, 0.5) is 0 Å². The summed E-state index contributed by atoms with van der Waals surface area (Å²) in [4.78, 5) is 22.4. The van der Waals surface area contributed by atoms with E-state index in [-0.39, 0.29) is 6.61 Å². The number of hydrogen-bond acceptors (Lipinski definition) is 3. The molecule has 0 aliphatic heterocycles. The number of esters is 1. The standard InChI is InChI=1S/C13H11BrO3/c1-2-9-17-13(16)12(15)8-5-10-3-6-11(14)7-4-10/h2-8H,1,9H2/b8-5+. The van der Waals surface area contributed by atoms with Crippen molar-refractivity contribution in [3.05, 3.63) is 53.0 Å². The molecule has 3 nitrogen and oxygen atoms in total. The molecule has 0 saturated heterocycles. The van der Waals surface area contributed by atoms with Crippen LogP contribution in [0.1, 0.15) is 5.56 Å². The van der Waals surface area contributed by atoms with Crippen molar-refractivity contribution < 1.29 is 14.3 Å². The lowest BCUT2D eigenvalue weighted by atomic mass is 10.2. The van der Waals surface area contributed by atoms with Crippen LogP contribution in [0.25, 0.3) is 6.08 Å². The molecular formula is C13H11BrO3. The fraction of sp³-hybridized carbons (Fsp3) is 0.0769. The van der Waals surface area contributed by atoms with Crippen molar-refractivity contribution in [1.82, 2.24) is 0 Å². The van der Waals surface area contributed by atoms with Gasteiger partial charge >= 0.3 is 5.97 Å². The van der Waals surface area contributed by atoms with Crippen LogP contribution in [0.15, 0.2) is 47.5 Å². The highest BCUT2D eigenvalue weighted by atomic mass is 79.9. The Morgan fingerprint density at radius 2 is 1.94 bits per heavy atom. The zero-order valence-corrected chi connectivity index (χ0v) is 10.6. The number of rotatable bonds is 5. The second kappa shape index (κ2) is 6.81. The third-order valence-electron chi connectivity index (χ3n) is 1.83. The highest BCUT2D eigenvalue weighted by Gasteiger charge is 2.10. The molecule has 0 unspecified atom stereocenters. The van der Waals surface area contributed by atoms with Gasteiger partial charge < -0.3 is 4.74 Å². The number of halogens is 1. The van der Waals surface area contributed by atoms with Crippen molar-refractivity contribution in [2.45, 2.75) is 0 Å². The molecule has 88 valence electrons. The van der Waals surface area contributed by atoms with Crippen molar-refractivity contribution in [3.63, 3.8) is 0 Å². The maximum atomic E-state index is 11.3. The lowest BCUT2D eigenvalue weighted by Gasteiger charge is -1.97. The van der Waals surface area contributed by atoms with E-state index in [4.69, 9.17) is 0 Å². The molecule has 4 heteroatoms. The van der Waals surface area contributed by atoms with E-state index in [1.165, 1.54) is 12.2 Å². The number of benzene rings is 1. The minimum Gasteiger partial charge on any atom is -0.455 e. The molecule has 0 spiro atoms.